The predicted octanol–water partition coefficient (Wildman–Crippen LogP) is 4.01. The SMILES string of the molecule is CCN(C(=O)OCc1ccccc1)[C@H](C(=O)OC(C)(C)C)C(C)C. The van der Waals surface area contributed by atoms with Gasteiger partial charge >= 0.3 is 12.1 Å². The van der Waals surface area contributed by atoms with Gasteiger partial charge in [0.1, 0.15) is 18.2 Å². The number of carbonyl (C=O) groups is 2. The summed E-state index contributed by atoms with van der Waals surface area (Å²) >= 11 is 0. The summed E-state index contributed by atoms with van der Waals surface area (Å²) in [4.78, 5) is 26.4. The highest BCUT2D eigenvalue weighted by atomic mass is 16.6. The molecule has 0 saturated carbocycles. The Morgan fingerprint density at radius 2 is 1.71 bits per heavy atom. The number of carbonyl (C=O) groups excluding carboxylic acids is 2. The van der Waals surface area contributed by atoms with Crippen LogP contribution >= 0.6 is 0 Å². The summed E-state index contributed by atoms with van der Waals surface area (Å²) in [5.74, 6) is -0.486. The first-order valence-corrected chi connectivity index (χ1v) is 8.36. The van der Waals surface area contributed by atoms with Gasteiger partial charge in [0.05, 0.1) is 0 Å². The highest BCUT2D eigenvalue weighted by molar-refractivity contribution is 5.82. The second kappa shape index (κ2) is 8.71. The minimum Gasteiger partial charge on any atom is -0.458 e. The van der Waals surface area contributed by atoms with Crippen LogP contribution in [0.5, 0.6) is 0 Å². The standard InChI is InChI=1S/C19H29NO4/c1-7-20(16(14(2)3)17(21)24-19(4,5)6)18(22)23-13-15-11-9-8-10-12-15/h8-12,14,16H,7,13H2,1-6H3/t16-/m0/s1. The molecule has 1 rings (SSSR count). The van der Waals surface area contributed by atoms with Crippen LogP contribution in [0.3, 0.4) is 0 Å². The Morgan fingerprint density at radius 3 is 2.17 bits per heavy atom. The Hall–Kier alpha value is -2.04. The molecule has 0 aromatic heterocycles. The van der Waals surface area contributed by atoms with Crippen LogP contribution in [0.2, 0.25) is 0 Å². The maximum Gasteiger partial charge on any atom is 0.410 e. The van der Waals surface area contributed by atoms with E-state index >= 15 is 0 Å². The molecule has 24 heavy (non-hydrogen) atoms. The van der Waals surface area contributed by atoms with Gasteiger partial charge in [-0.1, -0.05) is 44.2 Å². The minimum absolute atomic E-state index is 0.0796. The van der Waals surface area contributed by atoms with Gasteiger partial charge in [-0.25, -0.2) is 9.59 Å². The zero-order valence-electron chi connectivity index (χ0n) is 15.5. The molecule has 0 spiro atoms. The Morgan fingerprint density at radius 1 is 1.12 bits per heavy atom. The highest BCUT2D eigenvalue weighted by Crippen LogP contribution is 2.18. The average Bonchev–Trinajstić information content (AvgIpc) is 2.48. The lowest BCUT2D eigenvalue weighted by Gasteiger charge is -2.33. The molecule has 0 aliphatic carbocycles. The first-order chi connectivity index (χ1) is 11.2. The van der Waals surface area contributed by atoms with Crippen molar-refractivity contribution in [1.29, 1.82) is 0 Å². The second-order valence-electron chi connectivity index (χ2n) is 7.05. The summed E-state index contributed by atoms with van der Waals surface area (Å²) in [6, 6.07) is 8.78. The highest BCUT2D eigenvalue weighted by Gasteiger charge is 2.35. The van der Waals surface area contributed by atoms with Crippen molar-refractivity contribution in [3.05, 3.63) is 35.9 Å². The van der Waals surface area contributed by atoms with Crippen molar-refractivity contribution in [2.45, 2.75) is 59.8 Å². The van der Waals surface area contributed by atoms with E-state index in [1.54, 1.807) is 0 Å². The second-order valence-corrected chi connectivity index (χ2v) is 7.05. The van der Waals surface area contributed by atoms with Crippen LogP contribution in [0.15, 0.2) is 30.3 Å². The molecule has 5 nitrogen and oxygen atoms in total. The van der Waals surface area contributed by atoms with Crippen LogP contribution in [-0.2, 0) is 20.9 Å². The number of nitrogens with zero attached hydrogens (tertiary/aromatic N) is 1. The van der Waals surface area contributed by atoms with Crippen molar-refractivity contribution in [2.75, 3.05) is 6.54 Å². The van der Waals surface area contributed by atoms with E-state index in [0.29, 0.717) is 6.54 Å². The summed E-state index contributed by atoms with van der Waals surface area (Å²) < 4.78 is 10.8. The van der Waals surface area contributed by atoms with E-state index in [0.717, 1.165) is 5.56 Å². The molecule has 134 valence electrons. The Kier molecular flexibility index (Phi) is 7.26. The fourth-order valence-electron chi connectivity index (χ4n) is 2.36. The molecular formula is C19H29NO4. The van der Waals surface area contributed by atoms with Gasteiger partial charge < -0.3 is 9.47 Å². The summed E-state index contributed by atoms with van der Waals surface area (Å²) in [5, 5.41) is 0. The molecule has 1 atom stereocenters. The minimum atomic E-state index is -0.669. The third-order valence-corrected chi connectivity index (χ3v) is 3.40. The fraction of sp³-hybridized carbons (Fsp3) is 0.579. The number of hydrogen-bond donors (Lipinski definition) is 0. The summed E-state index contributed by atoms with van der Waals surface area (Å²) in [5.41, 5.74) is 0.303. The predicted molar refractivity (Wildman–Crippen MR) is 93.5 cm³/mol. The zero-order chi connectivity index (χ0) is 18.3. The molecule has 1 aromatic rings. The quantitative estimate of drug-likeness (QED) is 0.737. The molecule has 0 aliphatic heterocycles. The zero-order valence-corrected chi connectivity index (χ0v) is 15.5. The molecule has 0 saturated heterocycles. The molecule has 1 amide bonds. The van der Waals surface area contributed by atoms with Crippen molar-refractivity contribution in [2.24, 2.45) is 5.92 Å². The summed E-state index contributed by atoms with van der Waals surface area (Å²) in [6.07, 6.45) is -0.508. The van der Waals surface area contributed by atoms with Crippen molar-refractivity contribution in [3.8, 4) is 0 Å². The van der Waals surface area contributed by atoms with Gasteiger partial charge in [-0.05, 0) is 39.2 Å². The van der Waals surface area contributed by atoms with E-state index in [1.165, 1.54) is 4.90 Å². The van der Waals surface area contributed by atoms with Gasteiger partial charge in [0, 0.05) is 6.54 Å². The van der Waals surface area contributed by atoms with Gasteiger partial charge in [0.15, 0.2) is 0 Å². The topological polar surface area (TPSA) is 55.8 Å². The summed E-state index contributed by atoms with van der Waals surface area (Å²) in [7, 11) is 0. The van der Waals surface area contributed by atoms with Crippen molar-refractivity contribution in [3.63, 3.8) is 0 Å². The maximum atomic E-state index is 12.5. The van der Waals surface area contributed by atoms with Gasteiger partial charge in [-0.15, -0.1) is 0 Å². The number of esters is 1. The first-order valence-electron chi connectivity index (χ1n) is 8.36. The third-order valence-electron chi connectivity index (χ3n) is 3.40. The number of likely N-dealkylation sites (N-methyl/N-ethyl adjacent to an activating group) is 1. The Labute approximate surface area is 144 Å². The van der Waals surface area contributed by atoms with Crippen molar-refractivity contribution in [1.82, 2.24) is 4.90 Å². The van der Waals surface area contributed by atoms with Crippen molar-refractivity contribution < 1.29 is 19.1 Å². The molecule has 0 radical (unpaired) electrons. The number of benzene rings is 1. The fourth-order valence-corrected chi connectivity index (χ4v) is 2.36. The molecule has 0 unspecified atom stereocenters. The van der Waals surface area contributed by atoms with E-state index in [-0.39, 0.29) is 12.5 Å². The van der Waals surface area contributed by atoms with Gasteiger partial charge in [-0.3, -0.25) is 4.90 Å². The van der Waals surface area contributed by atoms with Crippen LogP contribution in [0.4, 0.5) is 4.79 Å². The van der Waals surface area contributed by atoms with Gasteiger partial charge in [0.2, 0.25) is 0 Å². The van der Waals surface area contributed by atoms with Crippen molar-refractivity contribution >= 4 is 12.1 Å². The Balaban J connectivity index is 2.81. The number of ether oxygens (including phenoxy) is 2. The van der Waals surface area contributed by atoms with E-state index in [4.69, 9.17) is 9.47 Å². The monoisotopic (exact) mass is 335 g/mol. The summed E-state index contributed by atoms with van der Waals surface area (Å²) in [6.45, 7) is 11.6. The largest absolute Gasteiger partial charge is 0.458 e. The molecule has 0 heterocycles. The number of rotatable bonds is 6. The molecule has 0 N–H and O–H groups in total. The van der Waals surface area contributed by atoms with Crippen LogP contribution in [-0.4, -0.2) is 35.2 Å². The average molecular weight is 335 g/mol. The van der Waals surface area contributed by atoms with Crippen LogP contribution in [0.25, 0.3) is 0 Å². The number of amides is 1. The lowest BCUT2D eigenvalue weighted by Crippen LogP contribution is -2.50. The van der Waals surface area contributed by atoms with Gasteiger partial charge in [0.25, 0.3) is 0 Å². The first kappa shape index (κ1) is 20.0. The Bertz CT molecular complexity index is 534. The number of hydrogen-bond acceptors (Lipinski definition) is 4. The maximum absolute atomic E-state index is 12.5. The molecular weight excluding hydrogens is 306 g/mol. The lowest BCUT2D eigenvalue weighted by molar-refractivity contribution is -0.162. The molecule has 5 heteroatoms. The van der Waals surface area contributed by atoms with Crippen LogP contribution < -0.4 is 0 Å². The molecule has 0 bridgehead atoms. The van der Waals surface area contributed by atoms with Crippen LogP contribution in [0.1, 0.15) is 47.1 Å². The normalized spacial score (nSPS) is 12.6. The third kappa shape index (κ3) is 6.22. The smallest absolute Gasteiger partial charge is 0.410 e. The van der Waals surface area contributed by atoms with E-state index in [2.05, 4.69) is 0 Å². The molecule has 0 aliphatic rings. The van der Waals surface area contributed by atoms with Gasteiger partial charge in [-0.2, -0.15) is 0 Å². The van der Waals surface area contributed by atoms with E-state index < -0.39 is 23.7 Å². The lowest BCUT2D eigenvalue weighted by atomic mass is 10.0. The van der Waals surface area contributed by atoms with Crippen LogP contribution in [0, 0.1) is 5.92 Å². The van der Waals surface area contributed by atoms with E-state index in [1.807, 2.05) is 71.9 Å². The molecule has 1 aromatic carbocycles. The van der Waals surface area contributed by atoms with E-state index in [9.17, 15) is 9.59 Å². The molecule has 0 fully saturated rings.